The minimum Gasteiger partial charge on any atom is -0.394 e. The molecule has 0 aliphatic carbocycles. The van der Waals surface area contributed by atoms with Crippen LogP contribution >= 0.6 is 0 Å². The van der Waals surface area contributed by atoms with Crippen molar-refractivity contribution >= 4 is 0 Å². The fourth-order valence-corrected chi connectivity index (χ4v) is 2.53. The average Bonchev–Trinajstić information content (AvgIpc) is 2.58. The standard InChI is InChI=1S/C19H40O5/c1-2-3-4-5-6-7-8-9-10-11-12-13-23-16-19(22)17-24-15-18(21)14-20/h18-22H,2-17H2,1H3. The van der Waals surface area contributed by atoms with E-state index in [2.05, 4.69) is 6.92 Å². The first-order chi connectivity index (χ1) is 11.7. The Hall–Kier alpha value is -0.200. The van der Waals surface area contributed by atoms with Crippen LogP contribution in [0, 0.1) is 0 Å². The van der Waals surface area contributed by atoms with Gasteiger partial charge >= 0.3 is 0 Å². The molecule has 0 fully saturated rings. The lowest BCUT2D eigenvalue weighted by molar-refractivity contribution is -0.0481. The summed E-state index contributed by atoms with van der Waals surface area (Å²) in [5, 5.41) is 27.3. The molecule has 0 aromatic heterocycles. The summed E-state index contributed by atoms with van der Waals surface area (Å²) in [6, 6.07) is 0. The van der Waals surface area contributed by atoms with Gasteiger partial charge in [0, 0.05) is 6.61 Å². The molecule has 0 aliphatic heterocycles. The summed E-state index contributed by atoms with van der Waals surface area (Å²) in [6.07, 6.45) is 12.8. The number of hydrogen-bond donors (Lipinski definition) is 3. The van der Waals surface area contributed by atoms with Crippen molar-refractivity contribution in [2.24, 2.45) is 0 Å². The Balaban J connectivity index is 3.13. The highest BCUT2D eigenvalue weighted by atomic mass is 16.5. The SMILES string of the molecule is CCCCCCCCCCCCCOCC(O)COCC(O)CO. The largest absolute Gasteiger partial charge is 0.394 e. The first-order valence-electron chi connectivity index (χ1n) is 9.83. The highest BCUT2D eigenvalue weighted by Gasteiger charge is 2.07. The molecule has 3 N–H and O–H groups in total. The second kappa shape index (κ2) is 19.1. The van der Waals surface area contributed by atoms with E-state index in [9.17, 15) is 5.11 Å². The van der Waals surface area contributed by atoms with Gasteiger partial charge in [-0.1, -0.05) is 71.1 Å². The molecule has 5 nitrogen and oxygen atoms in total. The van der Waals surface area contributed by atoms with Crippen LogP contribution in [0.2, 0.25) is 0 Å². The summed E-state index contributed by atoms with van der Waals surface area (Å²) < 4.78 is 10.5. The summed E-state index contributed by atoms with van der Waals surface area (Å²) in [4.78, 5) is 0. The predicted molar refractivity (Wildman–Crippen MR) is 97.2 cm³/mol. The van der Waals surface area contributed by atoms with E-state index in [0.29, 0.717) is 6.61 Å². The van der Waals surface area contributed by atoms with E-state index >= 15 is 0 Å². The van der Waals surface area contributed by atoms with E-state index in [0.717, 1.165) is 6.42 Å². The van der Waals surface area contributed by atoms with Gasteiger partial charge in [0.25, 0.3) is 0 Å². The van der Waals surface area contributed by atoms with Crippen LogP contribution in [0.4, 0.5) is 0 Å². The highest BCUT2D eigenvalue weighted by Crippen LogP contribution is 2.11. The summed E-state index contributed by atoms with van der Waals surface area (Å²) in [6.45, 7) is 3.01. The lowest BCUT2D eigenvalue weighted by Gasteiger charge is -2.13. The van der Waals surface area contributed by atoms with Gasteiger partial charge in [-0.25, -0.2) is 0 Å². The van der Waals surface area contributed by atoms with Crippen LogP contribution in [0.5, 0.6) is 0 Å². The van der Waals surface area contributed by atoms with Gasteiger partial charge in [-0.05, 0) is 6.42 Å². The smallest absolute Gasteiger partial charge is 0.101 e. The van der Waals surface area contributed by atoms with Gasteiger partial charge in [0.1, 0.15) is 12.2 Å². The Kier molecular flexibility index (Phi) is 19.0. The average molecular weight is 349 g/mol. The number of hydrogen-bond acceptors (Lipinski definition) is 5. The molecule has 0 radical (unpaired) electrons. The topological polar surface area (TPSA) is 79.2 Å². The van der Waals surface area contributed by atoms with Crippen LogP contribution < -0.4 is 0 Å². The van der Waals surface area contributed by atoms with E-state index in [1.807, 2.05) is 0 Å². The van der Waals surface area contributed by atoms with E-state index in [4.69, 9.17) is 19.7 Å². The van der Waals surface area contributed by atoms with E-state index < -0.39 is 12.2 Å². The van der Waals surface area contributed by atoms with Crippen molar-refractivity contribution < 1.29 is 24.8 Å². The molecule has 0 saturated carbocycles. The molecule has 0 saturated heterocycles. The van der Waals surface area contributed by atoms with Gasteiger partial charge in [-0.3, -0.25) is 0 Å². The zero-order valence-electron chi connectivity index (χ0n) is 15.6. The Morgan fingerprint density at radius 3 is 1.62 bits per heavy atom. The first kappa shape index (κ1) is 23.8. The normalized spacial score (nSPS) is 14.0. The quantitative estimate of drug-likeness (QED) is 0.313. The van der Waals surface area contributed by atoms with Crippen LogP contribution in [-0.2, 0) is 9.47 Å². The lowest BCUT2D eigenvalue weighted by Crippen LogP contribution is -2.26. The maximum Gasteiger partial charge on any atom is 0.101 e. The molecule has 0 rings (SSSR count). The van der Waals surface area contributed by atoms with Crippen molar-refractivity contribution in [3.63, 3.8) is 0 Å². The van der Waals surface area contributed by atoms with Gasteiger partial charge in [-0.15, -0.1) is 0 Å². The zero-order chi connectivity index (χ0) is 17.9. The second-order valence-corrected chi connectivity index (χ2v) is 6.64. The Bertz CT molecular complexity index is 238. The molecule has 24 heavy (non-hydrogen) atoms. The monoisotopic (exact) mass is 348 g/mol. The fraction of sp³-hybridized carbons (Fsp3) is 1.00. The molecule has 0 heterocycles. The molecule has 0 aromatic carbocycles. The van der Waals surface area contributed by atoms with E-state index in [1.165, 1.54) is 64.2 Å². The van der Waals surface area contributed by atoms with E-state index in [-0.39, 0.29) is 26.4 Å². The number of aliphatic hydroxyl groups is 3. The third kappa shape index (κ3) is 18.1. The molecule has 0 spiro atoms. The maximum atomic E-state index is 9.62. The van der Waals surface area contributed by atoms with Crippen molar-refractivity contribution in [1.82, 2.24) is 0 Å². The minimum absolute atomic E-state index is 0.0339. The molecule has 5 heteroatoms. The molecule has 2 atom stereocenters. The van der Waals surface area contributed by atoms with Crippen LogP contribution in [-0.4, -0.2) is 60.6 Å². The van der Waals surface area contributed by atoms with Gasteiger partial charge in [0.05, 0.1) is 26.4 Å². The fourth-order valence-electron chi connectivity index (χ4n) is 2.53. The molecule has 0 aromatic rings. The van der Waals surface area contributed by atoms with Gasteiger partial charge in [0.15, 0.2) is 0 Å². The zero-order valence-corrected chi connectivity index (χ0v) is 15.6. The summed E-state index contributed by atoms with van der Waals surface area (Å²) >= 11 is 0. The van der Waals surface area contributed by atoms with Crippen molar-refractivity contribution in [1.29, 1.82) is 0 Å². The first-order valence-corrected chi connectivity index (χ1v) is 9.83. The number of rotatable bonds is 19. The summed E-state index contributed by atoms with van der Waals surface area (Å²) in [5.74, 6) is 0. The Morgan fingerprint density at radius 2 is 1.08 bits per heavy atom. The Morgan fingerprint density at radius 1 is 0.625 bits per heavy atom. The molecule has 0 aliphatic rings. The molecule has 2 unspecified atom stereocenters. The molecule has 0 amide bonds. The summed E-state index contributed by atoms with van der Waals surface area (Å²) in [7, 11) is 0. The minimum atomic E-state index is -0.880. The highest BCUT2D eigenvalue weighted by molar-refractivity contribution is 4.55. The van der Waals surface area contributed by atoms with Gasteiger partial charge < -0.3 is 24.8 Å². The van der Waals surface area contributed by atoms with E-state index in [1.54, 1.807) is 0 Å². The summed E-state index contributed by atoms with van der Waals surface area (Å²) in [5.41, 5.74) is 0. The second-order valence-electron chi connectivity index (χ2n) is 6.64. The van der Waals surface area contributed by atoms with Crippen LogP contribution in [0.1, 0.15) is 77.6 Å². The number of ether oxygens (including phenoxy) is 2. The molecule has 0 bridgehead atoms. The van der Waals surface area contributed by atoms with Gasteiger partial charge in [0.2, 0.25) is 0 Å². The Labute approximate surface area is 148 Å². The van der Waals surface area contributed by atoms with Crippen LogP contribution in [0.3, 0.4) is 0 Å². The number of unbranched alkanes of at least 4 members (excludes halogenated alkanes) is 10. The third-order valence-corrected chi connectivity index (χ3v) is 4.03. The van der Waals surface area contributed by atoms with Gasteiger partial charge in [-0.2, -0.15) is 0 Å². The van der Waals surface area contributed by atoms with Crippen molar-refractivity contribution in [3.05, 3.63) is 0 Å². The van der Waals surface area contributed by atoms with Crippen molar-refractivity contribution in [2.45, 2.75) is 89.8 Å². The third-order valence-electron chi connectivity index (χ3n) is 4.03. The lowest BCUT2D eigenvalue weighted by atomic mass is 10.1. The van der Waals surface area contributed by atoms with Crippen LogP contribution in [0.25, 0.3) is 0 Å². The predicted octanol–water partition coefficient (Wildman–Crippen LogP) is 3.04. The molecular formula is C19H40O5. The molecular weight excluding hydrogens is 308 g/mol. The molecule has 146 valence electrons. The van der Waals surface area contributed by atoms with Crippen molar-refractivity contribution in [2.75, 3.05) is 33.0 Å². The maximum absolute atomic E-state index is 9.62. The van der Waals surface area contributed by atoms with Crippen LogP contribution in [0.15, 0.2) is 0 Å². The van der Waals surface area contributed by atoms with Crippen molar-refractivity contribution in [3.8, 4) is 0 Å². The number of aliphatic hydroxyl groups excluding tert-OH is 3.